The number of thioether (sulfide) groups is 1. The molecule has 0 N–H and O–H groups in total. The van der Waals surface area contributed by atoms with Gasteiger partial charge in [0.15, 0.2) is 0 Å². The Morgan fingerprint density at radius 3 is 2.19 bits per heavy atom. The first-order chi connectivity index (χ1) is 7.59. The molecule has 0 nitrogen and oxygen atoms in total. The minimum Gasteiger partial charge on any atom is -0.174 e. The lowest BCUT2D eigenvalue weighted by Gasteiger charge is -2.08. The Kier molecular flexibility index (Phi) is 5.74. The van der Waals surface area contributed by atoms with Crippen LogP contribution in [0.25, 0.3) is 0 Å². The highest BCUT2D eigenvalue weighted by Gasteiger charge is 2.16. The summed E-state index contributed by atoms with van der Waals surface area (Å²) < 4.78 is 29.0. The summed E-state index contributed by atoms with van der Waals surface area (Å²) in [5, 5.41) is 0.783. The minimum absolute atomic E-state index is 0.783. The third-order valence-corrected chi connectivity index (χ3v) is 3.81. The van der Waals surface area contributed by atoms with E-state index in [1.54, 1.807) is 0 Å². The first kappa shape index (κ1) is 13.4. The van der Waals surface area contributed by atoms with Gasteiger partial charge < -0.3 is 0 Å². The van der Waals surface area contributed by atoms with Crippen LogP contribution in [0.3, 0.4) is 0 Å². The van der Waals surface area contributed by atoms with E-state index in [0.717, 1.165) is 5.25 Å². The van der Waals surface area contributed by atoms with Crippen molar-refractivity contribution < 1.29 is 13.2 Å². The second-order valence-electron chi connectivity index (χ2n) is 3.66. The molecule has 1 aliphatic rings. The summed E-state index contributed by atoms with van der Waals surface area (Å²) in [5.74, 6) is 1.35. The molecule has 1 aromatic rings. The topological polar surface area (TPSA) is 0 Å². The van der Waals surface area contributed by atoms with E-state index in [2.05, 4.69) is 43.0 Å². The molecular formula is C12H15F3S. The molecular weight excluding hydrogens is 233 g/mol. The van der Waals surface area contributed by atoms with Crippen molar-refractivity contribution in [2.24, 2.45) is 0 Å². The zero-order valence-corrected chi connectivity index (χ0v) is 9.94. The maximum Gasteiger partial charge on any atom is 0.379 e. The molecule has 0 amide bonds. The predicted octanol–water partition coefficient (Wildman–Crippen LogP) is 4.74. The van der Waals surface area contributed by atoms with Gasteiger partial charge in [-0.15, -0.1) is 0 Å². The van der Waals surface area contributed by atoms with Crippen LogP contribution in [0.15, 0.2) is 24.3 Å². The maximum atomic E-state index is 9.67. The van der Waals surface area contributed by atoms with Crippen LogP contribution in [-0.2, 0) is 0 Å². The highest BCUT2D eigenvalue weighted by molar-refractivity contribution is 7.99. The van der Waals surface area contributed by atoms with Crippen LogP contribution in [0.4, 0.5) is 13.2 Å². The first-order valence-electron chi connectivity index (χ1n) is 5.20. The van der Waals surface area contributed by atoms with Crippen LogP contribution in [0.2, 0.25) is 0 Å². The second kappa shape index (κ2) is 6.84. The summed E-state index contributed by atoms with van der Waals surface area (Å²) in [6, 6.07) is 8.99. The molecule has 90 valence electrons. The van der Waals surface area contributed by atoms with Crippen molar-refractivity contribution in [1.29, 1.82) is 0 Å². The average molecular weight is 248 g/mol. The van der Waals surface area contributed by atoms with Gasteiger partial charge in [0.1, 0.15) is 0 Å². The molecule has 4 heteroatoms. The lowest BCUT2D eigenvalue weighted by Crippen LogP contribution is -1.87. The Bertz CT molecular complexity index is 289. The number of rotatable bonds is 1. The molecule has 0 radical (unpaired) electrons. The van der Waals surface area contributed by atoms with Crippen LogP contribution >= 0.6 is 11.8 Å². The smallest absolute Gasteiger partial charge is 0.174 e. The summed E-state index contributed by atoms with van der Waals surface area (Å²) in [7, 11) is 0. The first-order valence-corrected chi connectivity index (χ1v) is 6.25. The summed E-state index contributed by atoms with van der Waals surface area (Å²) in [4.78, 5) is 0. The zero-order valence-electron chi connectivity index (χ0n) is 9.13. The van der Waals surface area contributed by atoms with E-state index in [1.165, 1.54) is 29.7 Å². The van der Waals surface area contributed by atoms with Crippen molar-refractivity contribution in [1.82, 2.24) is 0 Å². The third kappa shape index (κ3) is 4.92. The van der Waals surface area contributed by atoms with E-state index in [0.29, 0.717) is 0 Å². The molecule has 1 aliphatic heterocycles. The van der Waals surface area contributed by atoms with Crippen LogP contribution < -0.4 is 0 Å². The molecule has 1 atom stereocenters. The molecule has 16 heavy (non-hydrogen) atoms. The lowest BCUT2D eigenvalue weighted by molar-refractivity contribution is 0.00819. The Labute approximate surface area is 98.2 Å². The molecule has 1 saturated heterocycles. The Hall–Kier alpha value is -0.640. The number of alkyl halides is 3. The van der Waals surface area contributed by atoms with Crippen molar-refractivity contribution in [3.05, 3.63) is 35.4 Å². The fourth-order valence-corrected chi connectivity index (χ4v) is 2.92. The van der Waals surface area contributed by atoms with Crippen molar-refractivity contribution in [3.8, 4) is 0 Å². The molecule has 1 fully saturated rings. The number of hydrogen-bond donors (Lipinski definition) is 0. The SMILES string of the molecule is Cc1ccc(C2CCCS2)cc1.FC(F)F. The van der Waals surface area contributed by atoms with Crippen molar-refractivity contribution in [2.75, 3.05) is 5.75 Å². The summed E-state index contributed by atoms with van der Waals surface area (Å²) >= 11 is 2.10. The Morgan fingerprint density at radius 1 is 1.19 bits per heavy atom. The predicted molar refractivity (Wildman–Crippen MR) is 62.7 cm³/mol. The van der Waals surface area contributed by atoms with Crippen molar-refractivity contribution in [2.45, 2.75) is 31.7 Å². The Morgan fingerprint density at radius 2 is 1.75 bits per heavy atom. The van der Waals surface area contributed by atoms with Gasteiger partial charge in [0.05, 0.1) is 0 Å². The lowest BCUT2D eigenvalue weighted by atomic mass is 10.1. The number of halogens is 3. The number of benzene rings is 1. The van der Waals surface area contributed by atoms with E-state index < -0.39 is 6.68 Å². The third-order valence-electron chi connectivity index (χ3n) is 2.38. The number of aryl methyl sites for hydroxylation is 1. The molecule has 2 rings (SSSR count). The molecule has 0 aliphatic carbocycles. The molecule has 1 aromatic carbocycles. The van der Waals surface area contributed by atoms with Crippen molar-refractivity contribution in [3.63, 3.8) is 0 Å². The van der Waals surface area contributed by atoms with Crippen LogP contribution in [0.5, 0.6) is 0 Å². The van der Waals surface area contributed by atoms with E-state index >= 15 is 0 Å². The van der Waals surface area contributed by atoms with Gasteiger partial charge in [-0.05, 0) is 31.1 Å². The van der Waals surface area contributed by atoms with Gasteiger partial charge in [-0.3, -0.25) is 0 Å². The van der Waals surface area contributed by atoms with Crippen LogP contribution in [-0.4, -0.2) is 12.4 Å². The maximum absolute atomic E-state index is 9.67. The van der Waals surface area contributed by atoms with Gasteiger partial charge in [-0.2, -0.15) is 24.9 Å². The van der Waals surface area contributed by atoms with E-state index in [-0.39, 0.29) is 0 Å². The molecule has 1 unspecified atom stereocenters. The van der Waals surface area contributed by atoms with Gasteiger partial charge in [-0.1, -0.05) is 29.8 Å². The van der Waals surface area contributed by atoms with Crippen molar-refractivity contribution >= 4 is 11.8 Å². The minimum atomic E-state index is -3.67. The molecule has 1 heterocycles. The van der Waals surface area contributed by atoms with Gasteiger partial charge >= 0.3 is 6.68 Å². The summed E-state index contributed by atoms with van der Waals surface area (Å²) in [6.45, 7) is -1.52. The van der Waals surface area contributed by atoms with E-state index in [1.807, 2.05) is 0 Å². The fraction of sp³-hybridized carbons (Fsp3) is 0.500. The molecule has 0 spiro atoms. The molecule has 0 saturated carbocycles. The highest BCUT2D eigenvalue weighted by Crippen LogP contribution is 2.39. The summed E-state index contributed by atoms with van der Waals surface area (Å²) in [6.07, 6.45) is 2.76. The van der Waals surface area contributed by atoms with Crippen LogP contribution in [0.1, 0.15) is 29.2 Å². The summed E-state index contributed by atoms with van der Waals surface area (Å²) in [5.41, 5.74) is 2.88. The van der Waals surface area contributed by atoms with Gasteiger partial charge in [-0.25, -0.2) is 0 Å². The normalized spacial score (nSPS) is 19.4. The average Bonchev–Trinajstić information content (AvgIpc) is 2.71. The second-order valence-corrected chi connectivity index (χ2v) is 4.97. The van der Waals surface area contributed by atoms with Crippen LogP contribution in [0, 0.1) is 6.92 Å². The standard InChI is InChI=1S/C11H14S.CHF3/c1-9-4-6-10(7-5-9)11-3-2-8-12-11;2-1(3)4/h4-7,11H,2-3,8H2,1H3;1H. The quantitative estimate of drug-likeness (QED) is 0.691. The van der Waals surface area contributed by atoms with E-state index in [9.17, 15) is 13.2 Å². The molecule has 0 bridgehead atoms. The zero-order chi connectivity index (χ0) is 12.0. The Balaban J connectivity index is 0.000000280. The van der Waals surface area contributed by atoms with Gasteiger partial charge in [0.2, 0.25) is 0 Å². The fourth-order valence-electron chi connectivity index (χ4n) is 1.62. The van der Waals surface area contributed by atoms with Gasteiger partial charge in [0, 0.05) is 5.25 Å². The monoisotopic (exact) mass is 248 g/mol. The molecule has 0 aromatic heterocycles. The number of hydrogen-bond acceptors (Lipinski definition) is 1. The highest BCUT2D eigenvalue weighted by atomic mass is 32.2. The van der Waals surface area contributed by atoms with Gasteiger partial charge in [0.25, 0.3) is 0 Å². The van der Waals surface area contributed by atoms with E-state index in [4.69, 9.17) is 0 Å². The largest absolute Gasteiger partial charge is 0.379 e.